The van der Waals surface area contributed by atoms with Crippen molar-refractivity contribution in [1.29, 1.82) is 0 Å². The van der Waals surface area contributed by atoms with Gasteiger partial charge in [-0.05, 0) is 60.9 Å². The van der Waals surface area contributed by atoms with Crippen LogP contribution in [0.3, 0.4) is 0 Å². The van der Waals surface area contributed by atoms with Crippen LogP contribution in [0.5, 0.6) is 11.5 Å². The molecule has 0 radical (unpaired) electrons. The number of hydrogen-bond acceptors (Lipinski definition) is 2. The molecule has 0 fully saturated rings. The van der Waals surface area contributed by atoms with Gasteiger partial charge in [0.15, 0.2) is 0 Å². The maximum absolute atomic E-state index is 10.7. The number of hydrogen-bond donors (Lipinski definition) is 2. The van der Waals surface area contributed by atoms with Crippen molar-refractivity contribution in [1.82, 2.24) is 0 Å². The van der Waals surface area contributed by atoms with Crippen molar-refractivity contribution in [2.75, 3.05) is 0 Å². The molecule has 2 rings (SSSR count). The minimum absolute atomic E-state index is 0.347. The molecule has 0 bridgehead atoms. The van der Waals surface area contributed by atoms with Gasteiger partial charge in [0.25, 0.3) is 0 Å². The van der Waals surface area contributed by atoms with Gasteiger partial charge in [-0.2, -0.15) is 0 Å². The molecule has 0 spiro atoms. The maximum Gasteiger partial charge on any atom is 0.122 e. The van der Waals surface area contributed by atoms with Crippen LogP contribution in [0.1, 0.15) is 85.8 Å². The van der Waals surface area contributed by atoms with Gasteiger partial charge < -0.3 is 10.2 Å². The van der Waals surface area contributed by atoms with E-state index in [0.29, 0.717) is 17.9 Å². The highest BCUT2D eigenvalue weighted by atomic mass is 16.3. The Morgan fingerprint density at radius 2 is 1.33 bits per heavy atom. The van der Waals surface area contributed by atoms with Crippen LogP contribution < -0.4 is 0 Å². The summed E-state index contributed by atoms with van der Waals surface area (Å²) in [7, 11) is 0. The van der Waals surface area contributed by atoms with E-state index in [2.05, 4.69) is 26.0 Å². The molecule has 2 nitrogen and oxygen atoms in total. The zero-order valence-corrected chi connectivity index (χ0v) is 17.6. The molecular weight excluding hydrogens is 332 g/mol. The van der Waals surface area contributed by atoms with Crippen molar-refractivity contribution in [3.8, 4) is 11.5 Å². The first-order valence-electron chi connectivity index (χ1n) is 10.6. The summed E-state index contributed by atoms with van der Waals surface area (Å²) < 4.78 is 0. The second-order valence-electron chi connectivity index (χ2n) is 7.90. The van der Waals surface area contributed by atoms with Gasteiger partial charge in [-0.25, -0.2) is 0 Å². The van der Waals surface area contributed by atoms with E-state index in [9.17, 15) is 10.2 Å². The summed E-state index contributed by atoms with van der Waals surface area (Å²) >= 11 is 0. The molecule has 2 aromatic rings. The molecule has 2 aromatic carbocycles. The Labute approximate surface area is 165 Å². The van der Waals surface area contributed by atoms with E-state index < -0.39 is 0 Å². The predicted molar refractivity (Wildman–Crippen MR) is 115 cm³/mol. The Hall–Kier alpha value is -1.96. The van der Waals surface area contributed by atoms with E-state index in [1.54, 1.807) is 0 Å². The quantitative estimate of drug-likeness (QED) is 0.454. The predicted octanol–water partition coefficient (Wildman–Crippen LogP) is 6.77. The van der Waals surface area contributed by atoms with Gasteiger partial charge in [0.1, 0.15) is 11.5 Å². The summed E-state index contributed by atoms with van der Waals surface area (Å²) in [5.74, 6) is 0.738. The fourth-order valence-electron chi connectivity index (χ4n) is 3.88. The Balaban J connectivity index is 2.16. The first-order valence-corrected chi connectivity index (χ1v) is 10.6. The third-order valence-corrected chi connectivity index (χ3v) is 5.43. The highest BCUT2D eigenvalue weighted by Gasteiger charge is 2.13. The number of aryl methyl sites for hydroxylation is 4. The van der Waals surface area contributed by atoms with Crippen LogP contribution in [0.15, 0.2) is 24.3 Å². The number of unbranched alkanes of at least 4 members (excludes halogenated alkanes) is 5. The lowest BCUT2D eigenvalue weighted by molar-refractivity contribution is 0.457. The Kier molecular flexibility index (Phi) is 8.22. The van der Waals surface area contributed by atoms with Gasteiger partial charge in [0, 0.05) is 6.42 Å². The Morgan fingerprint density at radius 3 is 2.04 bits per heavy atom. The lowest BCUT2D eigenvalue weighted by atomic mass is 9.93. The molecule has 0 aliphatic rings. The highest BCUT2D eigenvalue weighted by molar-refractivity contribution is 5.50. The van der Waals surface area contributed by atoms with Crippen LogP contribution in [0.4, 0.5) is 0 Å². The number of aromatic hydroxyl groups is 2. The molecule has 2 heteroatoms. The lowest BCUT2D eigenvalue weighted by Crippen LogP contribution is -1.98. The average Bonchev–Trinajstić information content (AvgIpc) is 2.64. The monoisotopic (exact) mass is 368 g/mol. The molecule has 27 heavy (non-hydrogen) atoms. The van der Waals surface area contributed by atoms with Gasteiger partial charge in [-0.1, -0.05) is 75.8 Å². The van der Waals surface area contributed by atoms with Crippen molar-refractivity contribution < 1.29 is 10.2 Å². The zero-order valence-electron chi connectivity index (χ0n) is 17.6. The molecule has 0 heterocycles. The normalized spacial score (nSPS) is 11.1. The van der Waals surface area contributed by atoms with E-state index in [-0.39, 0.29) is 0 Å². The molecule has 0 aliphatic carbocycles. The maximum atomic E-state index is 10.7. The molecule has 0 amide bonds. The first-order chi connectivity index (χ1) is 13.0. The molecule has 0 aliphatic heterocycles. The van der Waals surface area contributed by atoms with Gasteiger partial charge in [0.05, 0.1) is 0 Å². The van der Waals surface area contributed by atoms with Crippen molar-refractivity contribution in [3.05, 3.63) is 57.6 Å². The van der Waals surface area contributed by atoms with Crippen LogP contribution in [-0.4, -0.2) is 10.2 Å². The van der Waals surface area contributed by atoms with Crippen LogP contribution in [0.2, 0.25) is 0 Å². The van der Waals surface area contributed by atoms with Gasteiger partial charge in [-0.15, -0.1) is 0 Å². The average molecular weight is 369 g/mol. The lowest BCUT2D eigenvalue weighted by Gasteiger charge is -2.14. The van der Waals surface area contributed by atoms with Gasteiger partial charge >= 0.3 is 0 Å². The van der Waals surface area contributed by atoms with Crippen LogP contribution in [-0.2, 0) is 19.3 Å². The second-order valence-corrected chi connectivity index (χ2v) is 7.90. The third kappa shape index (κ3) is 6.02. The largest absolute Gasteiger partial charge is 0.507 e. The molecule has 0 atom stereocenters. The smallest absolute Gasteiger partial charge is 0.122 e. The molecule has 0 aromatic heterocycles. The molecule has 0 saturated carbocycles. The number of benzene rings is 2. The first kappa shape index (κ1) is 21.3. The third-order valence-electron chi connectivity index (χ3n) is 5.43. The van der Waals surface area contributed by atoms with E-state index in [1.165, 1.54) is 44.1 Å². The number of phenols is 2. The SMILES string of the molecule is CCCCCCCCc1cc(CC)c(O)c(Cc2cc(C)cc(C)c2O)c1. The summed E-state index contributed by atoms with van der Waals surface area (Å²) in [6, 6.07) is 8.31. The Bertz CT molecular complexity index is 746. The van der Waals surface area contributed by atoms with Crippen molar-refractivity contribution in [3.63, 3.8) is 0 Å². The summed E-state index contributed by atoms with van der Waals surface area (Å²) in [6.07, 6.45) is 10.2. The van der Waals surface area contributed by atoms with Gasteiger partial charge in [-0.3, -0.25) is 0 Å². The van der Waals surface area contributed by atoms with E-state index in [4.69, 9.17) is 0 Å². The molecular formula is C25H36O2. The van der Waals surface area contributed by atoms with E-state index in [0.717, 1.165) is 40.7 Å². The van der Waals surface area contributed by atoms with Crippen LogP contribution in [0, 0.1) is 13.8 Å². The van der Waals surface area contributed by atoms with Crippen molar-refractivity contribution in [2.24, 2.45) is 0 Å². The minimum Gasteiger partial charge on any atom is -0.507 e. The highest BCUT2D eigenvalue weighted by Crippen LogP contribution is 2.32. The second kappa shape index (κ2) is 10.4. The molecule has 148 valence electrons. The number of phenolic OH excluding ortho intramolecular Hbond substituents is 2. The van der Waals surface area contributed by atoms with Crippen LogP contribution >= 0.6 is 0 Å². The molecule has 0 unspecified atom stereocenters. The molecule has 0 saturated heterocycles. The van der Waals surface area contributed by atoms with Gasteiger partial charge in [0.2, 0.25) is 0 Å². The summed E-state index contributed by atoms with van der Waals surface area (Å²) in [5.41, 5.74) is 6.16. The van der Waals surface area contributed by atoms with E-state index >= 15 is 0 Å². The summed E-state index contributed by atoms with van der Waals surface area (Å²) in [4.78, 5) is 0. The number of rotatable bonds is 10. The summed E-state index contributed by atoms with van der Waals surface area (Å²) in [5, 5.41) is 21.1. The fraction of sp³-hybridized carbons (Fsp3) is 0.520. The summed E-state index contributed by atoms with van der Waals surface area (Å²) in [6.45, 7) is 8.31. The Morgan fingerprint density at radius 1 is 0.704 bits per heavy atom. The minimum atomic E-state index is 0.347. The van der Waals surface area contributed by atoms with E-state index in [1.807, 2.05) is 26.0 Å². The standard InChI is InChI=1S/C25H36O2/c1-5-7-8-9-10-11-12-20-15-21(6-2)25(27)23(16-20)17-22-14-18(3)13-19(4)24(22)26/h13-16,26-27H,5-12,17H2,1-4H3. The van der Waals surface area contributed by atoms with Crippen molar-refractivity contribution >= 4 is 0 Å². The topological polar surface area (TPSA) is 40.5 Å². The fourth-order valence-corrected chi connectivity index (χ4v) is 3.88. The van der Waals surface area contributed by atoms with Crippen molar-refractivity contribution in [2.45, 2.75) is 85.5 Å². The zero-order chi connectivity index (χ0) is 19.8. The van der Waals surface area contributed by atoms with Crippen LogP contribution in [0.25, 0.3) is 0 Å². The molecule has 2 N–H and O–H groups in total.